The number of allylic oxidation sites excluding steroid dienone is 1. The Morgan fingerprint density at radius 1 is 0.949 bits per heavy atom. The molecule has 0 bridgehead atoms. The van der Waals surface area contributed by atoms with Crippen LogP contribution in [0.5, 0.6) is 23.0 Å². The molecule has 0 N–H and O–H groups in total. The second-order valence-corrected chi connectivity index (χ2v) is 8.66. The number of methoxy groups -OCH3 is 4. The second-order valence-electron chi connectivity index (χ2n) is 8.66. The Labute approximate surface area is 228 Å². The number of benzene rings is 2. The number of esters is 1. The summed E-state index contributed by atoms with van der Waals surface area (Å²) in [5.74, 6) is 2.65. The highest BCUT2D eigenvalue weighted by molar-refractivity contribution is 6.10. The summed E-state index contributed by atoms with van der Waals surface area (Å²) in [6, 6.07) is 9.15. The highest BCUT2D eigenvalue weighted by Crippen LogP contribution is 2.42. The van der Waals surface area contributed by atoms with Crippen LogP contribution in [0.1, 0.15) is 35.2 Å². The summed E-state index contributed by atoms with van der Waals surface area (Å²) >= 11 is 0. The van der Waals surface area contributed by atoms with Gasteiger partial charge in [-0.2, -0.15) is 0 Å². The highest BCUT2D eigenvalue weighted by atomic mass is 16.5. The number of carbonyl (C=O) groups excluding carboxylic acids is 1. The van der Waals surface area contributed by atoms with Crippen LogP contribution in [0, 0.1) is 0 Å². The van der Waals surface area contributed by atoms with Gasteiger partial charge in [0.15, 0.2) is 23.0 Å². The molecule has 2 heterocycles. The predicted octanol–water partition coefficient (Wildman–Crippen LogP) is 5.49. The molecule has 4 aromatic rings. The van der Waals surface area contributed by atoms with Crippen LogP contribution in [-0.2, 0) is 18.2 Å². The fourth-order valence-corrected chi connectivity index (χ4v) is 4.48. The molecule has 0 fully saturated rings. The molecule has 9 heteroatoms. The van der Waals surface area contributed by atoms with E-state index in [2.05, 4.69) is 4.98 Å². The third-order valence-corrected chi connectivity index (χ3v) is 6.40. The molecule has 204 valence electrons. The van der Waals surface area contributed by atoms with E-state index in [0.717, 1.165) is 17.8 Å². The number of carbonyl (C=O) groups is 1. The van der Waals surface area contributed by atoms with Crippen molar-refractivity contribution in [2.24, 2.45) is 7.05 Å². The van der Waals surface area contributed by atoms with Crippen molar-refractivity contribution < 1.29 is 28.5 Å². The van der Waals surface area contributed by atoms with Crippen molar-refractivity contribution >= 4 is 22.9 Å². The predicted molar refractivity (Wildman–Crippen MR) is 150 cm³/mol. The zero-order valence-corrected chi connectivity index (χ0v) is 23.1. The summed E-state index contributed by atoms with van der Waals surface area (Å²) in [6.07, 6.45) is 9.00. The molecule has 2 aromatic heterocycles. The van der Waals surface area contributed by atoms with E-state index >= 15 is 0 Å². The van der Waals surface area contributed by atoms with Gasteiger partial charge in [-0.05, 0) is 43.2 Å². The lowest BCUT2D eigenvalue weighted by atomic mass is 9.93. The van der Waals surface area contributed by atoms with E-state index in [1.807, 2.05) is 48.2 Å². The van der Waals surface area contributed by atoms with Crippen LogP contribution in [0.25, 0.3) is 28.1 Å². The van der Waals surface area contributed by atoms with E-state index in [4.69, 9.17) is 28.7 Å². The van der Waals surface area contributed by atoms with Gasteiger partial charge < -0.3 is 28.3 Å². The molecule has 0 aliphatic carbocycles. The summed E-state index contributed by atoms with van der Waals surface area (Å²) < 4.78 is 29.7. The molecule has 4 rings (SSSR count). The van der Waals surface area contributed by atoms with Gasteiger partial charge in [0.1, 0.15) is 5.82 Å². The molecule has 0 unspecified atom stereocenters. The lowest BCUT2D eigenvalue weighted by molar-refractivity contribution is 0.0526. The normalized spacial score (nSPS) is 11.1. The summed E-state index contributed by atoms with van der Waals surface area (Å²) in [6.45, 7) is 2.00. The summed E-state index contributed by atoms with van der Waals surface area (Å²) in [7, 11) is 8.26. The first-order valence-electron chi connectivity index (χ1n) is 12.6. The van der Waals surface area contributed by atoms with Gasteiger partial charge in [0.25, 0.3) is 0 Å². The van der Waals surface area contributed by atoms with Gasteiger partial charge in [-0.1, -0.05) is 12.1 Å². The number of aromatic nitrogens is 3. The summed E-state index contributed by atoms with van der Waals surface area (Å²) in [5, 5.41) is 0.702. The fourth-order valence-electron chi connectivity index (χ4n) is 4.48. The van der Waals surface area contributed by atoms with Crippen molar-refractivity contribution in [3.63, 3.8) is 0 Å². The Bertz CT molecular complexity index is 1510. The first-order chi connectivity index (χ1) is 18.9. The Kier molecular flexibility index (Phi) is 8.70. The highest BCUT2D eigenvalue weighted by Gasteiger charge is 2.25. The quantitative estimate of drug-likeness (QED) is 0.235. The lowest BCUT2D eigenvalue weighted by Crippen LogP contribution is -2.11. The van der Waals surface area contributed by atoms with Crippen LogP contribution in [0.2, 0.25) is 0 Å². The van der Waals surface area contributed by atoms with Crippen molar-refractivity contribution in [3.8, 4) is 34.1 Å². The molecule has 2 aromatic carbocycles. The summed E-state index contributed by atoms with van der Waals surface area (Å²) in [4.78, 5) is 22.8. The van der Waals surface area contributed by atoms with Crippen molar-refractivity contribution in [1.29, 1.82) is 0 Å². The molecular weight excluding hydrogens is 498 g/mol. The molecule has 0 saturated heterocycles. The Morgan fingerprint density at radius 2 is 1.64 bits per heavy atom. The monoisotopic (exact) mass is 531 g/mol. The molecular formula is C30H33N3O6. The largest absolute Gasteiger partial charge is 0.493 e. The van der Waals surface area contributed by atoms with Gasteiger partial charge in [-0.15, -0.1) is 0 Å². The number of aryl methyl sites for hydroxylation is 2. The second kappa shape index (κ2) is 12.3. The van der Waals surface area contributed by atoms with Crippen LogP contribution >= 0.6 is 0 Å². The zero-order valence-electron chi connectivity index (χ0n) is 23.1. The van der Waals surface area contributed by atoms with Crippen LogP contribution in [0.15, 0.2) is 48.8 Å². The Balaban J connectivity index is 1.97. The van der Waals surface area contributed by atoms with Gasteiger partial charge >= 0.3 is 5.97 Å². The molecule has 9 nitrogen and oxygen atoms in total. The number of fused-ring (bicyclic) bond motifs is 1. The standard InChI is InChI=1S/C30H33N3O6/c1-7-39-30(34)29-21(10-8-9-11-27-31-14-15-33(27)2)32-22-18-26(38-6)25(37-5)17-20(22)28(29)19-12-13-23(35-3)24(16-19)36-4/h8,10,12-18H,7,9,11H2,1-6H3/b10-8-. The average molecular weight is 532 g/mol. The van der Waals surface area contributed by atoms with Gasteiger partial charge in [-0.3, -0.25) is 0 Å². The van der Waals surface area contributed by atoms with E-state index in [0.29, 0.717) is 57.1 Å². The minimum atomic E-state index is -0.477. The molecule has 0 atom stereocenters. The number of pyridine rings is 1. The maximum Gasteiger partial charge on any atom is 0.340 e. The third kappa shape index (κ3) is 5.67. The molecule has 39 heavy (non-hydrogen) atoms. The van der Waals surface area contributed by atoms with Crippen molar-refractivity contribution in [2.45, 2.75) is 19.8 Å². The smallest absolute Gasteiger partial charge is 0.340 e. The molecule has 0 spiro atoms. The van der Waals surface area contributed by atoms with Gasteiger partial charge in [0, 0.05) is 42.9 Å². The zero-order chi connectivity index (χ0) is 27.9. The van der Waals surface area contributed by atoms with E-state index < -0.39 is 5.97 Å². The minimum Gasteiger partial charge on any atom is -0.493 e. The van der Waals surface area contributed by atoms with E-state index in [9.17, 15) is 4.79 Å². The Morgan fingerprint density at radius 3 is 2.28 bits per heavy atom. The Hall–Kier alpha value is -4.53. The number of hydrogen-bond acceptors (Lipinski definition) is 8. The molecule has 0 saturated carbocycles. The van der Waals surface area contributed by atoms with Crippen LogP contribution < -0.4 is 18.9 Å². The maximum atomic E-state index is 13.5. The number of nitrogens with zero attached hydrogens (tertiary/aromatic N) is 3. The van der Waals surface area contributed by atoms with Crippen molar-refractivity contribution in [1.82, 2.24) is 14.5 Å². The molecule has 0 aliphatic heterocycles. The third-order valence-electron chi connectivity index (χ3n) is 6.40. The van der Waals surface area contributed by atoms with Crippen LogP contribution in [0.4, 0.5) is 0 Å². The van der Waals surface area contributed by atoms with Crippen molar-refractivity contribution in [3.05, 3.63) is 65.9 Å². The van der Waals surface area contributed by atoms with Crippen LogP contribution in [-0.4, -0.2) is 55.6 Å². The first kappa shape index (κ1) is 27.5. The number of rotatable bonds is 11. The SMILES string of the molecule is CCOC(=O)c1c(/C=C\CCc2nccn2C)nc2cc(OC)c(OC)cc2c1-c1ccc(OC)c(OC)c1. The average Bonchev–Trinajstić information content (AvgIpc) is 3.37. The molecule has 0 radical (unpaired) electrons. The van der Waals surface area contributed by atoms with Crippen LogP contribution in [0.3, 0.4) is 0 Å². The molecule has 0 aliphatic rings. The van der Waals surface area contributed by atoms with Gasteiger partial charge in [-0.25, -0.2) is 14.8 Å². The van der Waals surface area contributed by atoms with E-state index in [-0.39, 0.29) is 6.61 Å². The summed E-state index contributed by atoms with van der Waals surface area (Å²) in [5.41, 5.74) is 2.84. The van der Waals surface area contributed by atoms with E-state index in [1.165, 1.54) is 0 Å². The topological polar surface area (TPSA) is 93.9 Å². The number of hydrogen-bond donors (Lipinski definition) is 0. The van der Waals surface area contributed by atoms with Gasteiger partial charge in [0.05, 0.1) is 51.8 Å². The minimum absolute atomic E-state index is 0.219. The molecule has 0 amide bonds. The number of ether oxygens (including phenoxy) is 5. The fraction of sp³-hybridized carbons (Fsp3) is 0.300. The first-order valence-corrected chi connectivity index (χ1v) is 12.6. The number of imidazole rings is 1. The van der Waals surface area contributed by atoms with Crippen molar-refractivity contribution in [2.75, 3.05) is 35.0 Å². The van der Waals surface area contributed by atoms with E-state index in [1.54, 1.807) is 53.7 Å². The lowest BCUT2D eigenvalue weighted by Gasteiger charge is -2.18. The van der Waals surface area contributed by atoms with Gasteiger partial charge in [0.2, 0.25) is 0 Å². The maximum absolute atomic E-state index is 13.5.